The maximum atomic E-state index is 11.8. The standard InChI is InChI=1S/C13H20O5/c1-5-18-11(15)9-7-6-8-10(14)13(2,3)12(16)17-4/h7,9H,5-6,8H2,1-4H3/b9-7+. The molecule has 0 radical (unpaired) electrons. The number of hydrogen-bond donors (Lipinski definition) is 0. The number of esters is 2. The average molecular weight is 256 g/mol. The van der Waals surface area contributed by atoms with Gasteiger partial charge in [0.25, 0.3) is 0 Å². The van der Waals surface area contributed by atoms with Gasteiger partial charge < -0.3 is 9.47 Å². The van der Waals surface area contributed by atoms with Gasteiger partial charge in [0, 0.05) is 12.5 Å². The molecule has 0 heterocycles. The number of ether oxygens (including phenoxy) is 2. The summed E-state index contributed by atoms with van der Waals surface area (Å²) in [6.07, 6.45) is 3.40. The van der Waals surface area contributed by atoms with Crippen molar-refractivity contribution >= 4 is 17.7 Å². The molecule has 0 atom stereocenters. The monoisotopic (exact) mass is 256 g/mol. The lowest BCUT2D eigenvalue weighted by Crippen LogP contribution is -2.34. The molecule has 0 aromatic carbocycles. The summed E-state index contributed by atoms with van der Waals surface area (Å²) >= 11 is 0. The molecular formula is C13H20O5. The van der Waals surface area contributed by atoms with E-state index in [4.69, 9.17) is 0 Å². The van der Waals surface area contributed by atoms with Gasteiger partial charge in [-0.05, 0) is 27.2 Å². The lowest BCUT2D eigenvalue weighted by Gasteiger charge is -2.19. The first-order chi connectivity index (χ1) is 8.36. The van der Waals surface area contributed by atoms with Crippen molar-refractivity contribution in [2.45, 2.75) is 33.6 Å². The van der Waals surface area contributed by atoms with Crippen molar-refractivity contribution in [1.82, 2.24) is 0 Å². The van der Waals surface area contributed by atoms with Crippen LogP contribution in [0, 0.1) is 5.41 Å². The molecule has 0 bridgehead atoms. The first-order valence-electron chi connectivity index (χ1n) is 5.81. The Balaban J connectivity index is 4.19. The Hall–Kier alpha value is -1.65. The molecule has 0 saturated carbocycles. The van der Waals surface area contributed by atoms with Gasteiger partial charge in [-0.1, -0.05) is 6.08 Å². The zero-order chi connectivity index (χ0) is 14.2. The van der Waals surface area contributed by atoms with Crippen LogP contribution in [0.1, 0.15) is 33.6 Å². The van der Waals surface area contributed by atoms with E-state index < -0.39 is 17.4 Å². The van der Waals surface area contributed by atoms with Crippen LogP contribution < -0.4 is 0 Å². The second kappa shape index (κ2) is 7.63. The minimum absolute atomic E-state index is 0.179. The summed E-state index contributed by atoms with van der Waals surface area (Å²) in [6, 6.07) is 0. The van der Waals surface area contributed by atoms with Gasteiger partial charge in [-0.3, -0.25) is 9.59 Å². The highest BCUT2D eigenvalue weighted by atomic mass is 16.5. The first-order valence-corrected chi connectivity index (χ1v) is 5.81. The summed E-state index contributed by atoms with van der Waals surface area (Å²) in [4.78, 5) is 34.1. The van der Waals surface area contributed by atoms with Crippen LogP contribution in [0.25, 0.3) is 0 Å². The number of hydrogen-bond acceptors (Lipinski definition) is 5. The maximum absolute atomic E-state index is 11.8. The molecule has 0 unspecified atom stereocenters. The highest BCUT2D eigenvalue weighted by molar-refractivity contribution is 6.02. The Bertz CT molecular complexity index is 341. The van der Waals surface area contributed by atoms with Crippen LogP contribution in [-0.2, 0) is 23.9 Å². The van der Waals surface area contributed by atoms with Crippen molar-refractivity contribution in [1.29, 1.82) is 0 Å². The largest absolute Gasteiger partial charge is 0.468 e. The molecule has 0 fully saturated rings. The third kappa shape index (κ3) is 5.12. The second-order valence-corrected chi connectivity index (χ2v) is 4.23. The van der Waals surface area contributed by atoms with Crippen molar-refractivity contribution in [3.05, 3.63) is 12.2 Å². The maximum Gasteiger partial charge on any atom is 0.330 e. The number of carbonyl (C=O) groups excluding carboxylic acids is 3. The molecule has 0 spiro atoms. The number of carbonyl (C=O) groups is 3. The van der Waals surface area contributed by atoms with Crippen LogP contribution in [0.3, 0.4) is 0 Å². The van der Waals surface area contributed by atoms with E-state index >= 15 is 0 Å². The highest BCUT2D eigenvalue weighted by Gasteiger charge is 2.35. The van der Waals surface area contributed by atoms with Gasteiger partial charge in [-0.15, -0.1) is 0 Å². The number of allylic oxidation sites excluding steroid dienone is 1. The SMILES string of the molecule is CCOC(=O)/C=C/CCC(=O)C(C)(C)C(=O)OC. The topological polar surface area (TPSA) is 69.7 Å². The van der Waals surface area contributed by atoms with Crippen LogP contribution in [-0.4, -0.2) is 31.4 Å². The smallest absolute Gasteiger partial charge is 0.330 e. The summed E-state index contributed by atoms with van der Waals surface area (Å²) < 4.78 is 9.25. The van der Waals surface area contributed by atoms with E-state index in [2.05, 4.69) is 9.47 Å². The lowest BCUT2D eigenvalue weighted by atomic mass is 9.86. The van der Waals surface area contributed by atoms with E-state index in [0.29, 0.717) is 13.0 Å². The van der Waals surface area contributed by atoms with Gasteiger partial charge in [-0.25, -0.2) is 4.79 Å². The van der Waals surface area contributed by atoms with Crippen molar-refractivity contribution < 1.29 is 23.9 Å². The van der Waals surface area contributed by atoms with Crippen LogP contribution in [0.2, 0.25) is 0 Å². The Morgan fingerprint density at radius 2 is 1.83 bits per heavy atom. The predicted molar refractivity (Wildman–Crippen MR) is 65.8 cm³/mol. The molecular weight excluding hydrogens is 236 g/mol. The molecule has 0 aliphatic heterocycles. The molecule has 0 aliphatic rings. The molecule has 5 heteroatoms. The fourth-order valence-corrected chi connectivity index (χ4v) is 1.27. The van der Waals surface area contributed by atoms with Gasteiger partial charge >= 0.3 is 11.9 Å². The Kier molecular flexibility index (Phi) is 6.93. The van der Waals surface area contributed by atoms with E-state index in [1.54, 1.807) is 13.0 Å². The molecule has 18 heavy (non-hydrogen) atoms. The van der Waals surface area contributed by atoms with Gasteiger partial charge in [0.15, 0.2) is 0 Å². The molecule has 0 N–H and O–H groups in total. The van der Waals surface area contributed by atoms with Crippen molar-refractivity contribution in [3.8, 4) is 0 Å². The third-order valence-electron chi connectivity index (χ3n) is 2.47. The Labute approximate surface area is 107 Å². The van der Waals surface area contributed by atoms with Gasteiger partial charge in [0.05, 0.1) is 13.7 Å². The number of rotatable bonds is 7. The van der Waals surface area contributed by atoms with E-state index in [-0.39, 0.29) is 12.2 Å². The number of methoxy groups -OCH3 is 1. The van der Waals surface area contributed by atoms with Crippen LogP contribution >= 0.6 is 0 Å². The normalized spacial score (nSPS) is 11.3. The zero-order valence-electron chi connectivity index (χ0n) is 11.3. The summed E-state index contributed by atoms with van der Waals surface area (Å²) in [6.45, 7) is 5.08. The van der Waals surface area contributed by atoms with E-state index in [0.717, 1.165) is 0 Å². The molecule has 5 nitrogen and oxygen atoms in total. The molecule has 102 valence electrons. The molecule has 0 aliphatic carbocycles. The fourth-order valence-electron chi connectivity index (χ4n) is 1.27. The highest BCUT2D eigenvalue weighted by Crippen LogP contribution is 2.21. The summed E-state index contributed by atoms with van der Waals surface area (Å²) in [7, 11) is 1.25. The van der Waals surface area contributed by atoms with Crippen LogP contribution in [0.5, 0.6) is 0 Å². The average Bonchev–Trinajstić information content (AvgIpc) is 2.33. The number of Topliss-reactive ketones (excluding diaryl/α,β-unsaturated/α-hetero) is 1. The molecule has 0 saturated heterocycles. The second-order valence-electron chi connectivity index (χ2n) is 4.23. The van der Waals surface area contributed by atoms with E-state index in [1.165, 1.54) is 27.0 Å². The zero-order valence-corrected chi connectivity index (χ0v) is 11.3. The van der Waals surface area contributed by atoms with Gasteiger partial charge in [0.1, 0.15) is 11.2 Å². The van der Waals surface area contributed by atoms with Gasteiger partial charge in [-0.2, -0.15) is 0 Å². The predicted octanol–water partition coefficient (Wildman–Crippen LogP) is 1.65. The number of ketones is 1. The lowest BCUT2D eigenvalue weighted by molar-refractivity contribution is -0.155. The third-order valence-corrected chi connectivity index (χ3v) is 2.47. The summed E-state index contributed by atoms with van der Waals surface area (Å²) in [5, 5.41) is 0. The van der Waals surface area contributed by atoms with E-state index in [9.17, 15) is 14.4 Å². The molecule has 0 rings (SSSR count). The fraction of sp³-hybridized carbons (Fsp3) is 0.615. The first kappa shape index (κ1) is 16.4. The molecule has 0 aromatic rings. The molecule has 0 amide bonds. The summed E-state index contributed by atoms with van der Waals surface area (Å²) in [5.74, 6) is -1.21. The van der Waals surface area contributed by atoms with Crippen LogP contribution in [0.4, 0.5) is 0 Å². The summed E-state index contributed by atoms with van der Waals surface area (Å²) in [5.41, 5.74) is -1.15. The minimum Gasteiger partial charge on any atom is -0.468 e. The Morgan fingerprint density at radius 3 is 2.33 bits per heavy atom. The van der Waals surface area contributed by atoms with Gasteiger partial charge in [0.2, 0.25) is 0 Å². The molecule has 0 aromatic heterocycles. The van der Waals surface area contributed by atoms with Crippen molar-refractivity contribution in [2.24, 2.45) is 5.41 Å². The van der Waals surface area contributed by atoms with Crippen molar-refractivity contribution in [2.75, 3.05) is 13.7 Å². The van der Waals surface area contributed by atoms with E-state index in [1.807, 2.05) is 0 Å². The quantitative estimate of drug-likeness (QED) is 0.393. The van der Waals surface area contributed by atoms with Crippen LogP contribution in [0.15, 0.2) is 12.2 Å². The van der Waals surface area contributed by atoms with Crippen molar-refractivity contribution in [3.63, 3.8) is 0 Å². The Morgan fingerprint density at radius 1 is 1.22 bits per heavy atom. The minimum atomic E-state index is -1.15.